The molecule has 0 fully saturated rings. The maximum Gasteiger partial charge on any atom is 0.273 e. The second-order valence-corrected chi connectivity index (χ2v) is 6.00. The quantitative estimate of drug-likeness (QED) is 0.743. The van der Waals surface area contributed by atoms with Crippen LogP contribution in [0.4, 0.5) is 5.69 Å². The summed E-state index contributed by atoms with van der Waals surface area (Å²) in [5, 5.41) is 10.2. The number of anilines is 1. The van der Waals surface area contributed by atoms with Crippen LogP contribution in [0.25, 0.3) is 11.5 Å². The fourth-order valence-electron chi connectivity index (χ4n) is 3.08. The summed E-state index contributed by atoms with van der Waals surface area (Å²) in [5.41, 5.74) is 3.21. The molecule has 0 saturated heterocycles. The van der Waals surface area contributed by atoms with Crippen molar-refractivity contribution in [2.24, 2.45) is 0 Å². The molecule has 4 rings (SSSR count). The van der Waals surface area contributed by atoms with E-state index in [2.05, 4.69) is 39.0 Å². The molecule has 1 atom stereocenters. The predicted octanol–water partition coefficient (Wildman–Crippen LogP) is 2.88. The number of hydrogen-bond donors (Lipinski definition) is 2. The summed E-state index contributed by atoms with van der Waals surface area (Å²) in [6.45, 7) is 0.559. The first-order chi connectivity index (χ1) is 12.3. The van der Waals surface area contributed by atoms with Gasteiger partial charge in [-0.15, -0.1) is 0 Å². The van der Waals surface area contributed by atoms with Gasteiger partial charge in [-0.05, 0) is 30.9 Å². The predicted molar refractivity (Wildman–Crippen MR) is 91.1 cm³/mol. The molecule has 1 aliphatic rings. The number of nitrogens with zero attached hydrogens (tertiary/aromatic N) is 2. The molecule has 2 N–H and O–H groups in total. The Morgan fingerprint density at radius 2 is 2.24 bits per heavy atom. The number of hydrogen-bond acceptors (Lipinski definition) is 6. The lowest BCUT2D eigenvalue weighted by Crippen LogP contribution is -2.32. The van der Waals surface area contributed by atoms with E-state index in [1.807, 2.05) is 6.07 Å². The zero-order valence-electron chi connectivity index (χ0n) is 13.6. The number of carbonyl (C=O) groups is 1. The van der Waals surface area contributed by atoms with E-state index in [9.17, 15) is 4.79 Å². The molecule has 7 nitrogen and oxygen atoms in total. The highest BCUT2D eigenvalue weighted by atomic mass is 16.5. The highest BCUT2D eigenvalue weighted by Gasteiger charge is 2.21. The SMILES string of the molecule is O=C(NCC[C@H]1CCc2ccccc2N1)c1ncoc1-c1ccon1. The number of carbonyl (C=O) groups excluding carboxylic acids is 1. The minimum Gasteiger partial charge on any atom is -0.441 e. The Morgan fingerprint density at radius 1 is 1.32 bits per heavy atom. The highest BCUT2D eigenvalue weighted by Crippen LogP contribution is 2.25. The molecule has 7 heteroatoms. The van der Waals surface area contributed by atoms with Gasteiger partial charge in [0.25, 0.3) is 5.91 Å². The number of benzene rings is 1. The number of rotatable bonds is 5. The second-order valence-electron chi connectivity index (χ2n) is 6.00. The summed E-state index contributed by atoms with van der Waals surface area (Å²) in [6, 6.07) is 10.3. The van der Waals surface area contributed by atoms with E-state index in [1.165, 1.54) is 23.9 Å². The third kappa shape index (κ3) is 3.26. The van der Waals surface area contributed by atoms with E-state index in [1.54, 1.807) is 6.07 Å². The van der Waals surface area contributed by atoms with E-state index in [0.717, 1.165) is 19.3 Å². The number of aryl methyl sites for hydroxylation is 1. The topological polar surface area (TPSA) is 93.2 Å². The molecular formula is C18H18N4O3. The van der Waals surface area contributed by atoms with Crippen LogP contribution in [0.15, 0.2) is 51.9 Å². The van der Waals surface area contributed by atoms with Crippen LogP contribution in [-0.2, 0) is 6.42 Å². The fourth-order valence-corrected chi connectivity index (χ4v) is 3.08. The van der Waals surface area contributed by atoms with E-state index in [-0.39, 0.29) is 11.6 Å². The molecule has 1 aromatic carbocycles. The third-order valence-electron chi connectivity index (χ3n) is 4.37. The fraction of sp³-hybridized carbons (Fsp3) is 0.278. The van der Waals surface area contributed by atoms with Crippen molar-refractivity contribution in [3.63, 3.8) is 0 Å². The normalized spacial score (nSPS) is 16.1. The van der Waals surface area contributed by atoms with Gasteiger partial charge in [-0.3, -0.25) is 4.79 Å². The van der Waals surface area contributed by atoms with Gasteiger partial charge in [0.15, 0.2) is 23.5 Å². The van der Waals surface area contributed by atoms with Gasteiger partial charge < -0.3 is 19.6 Å². The Balaban J connectivity index is 1.33. The maximum absolute atomic E-state index is 12.3. The van der Waals surface area contributed by atoms with Crippen molar-refractivity contribution in [1.29, 1.82) is 0 Å². The molecule has 0 spiro atoms. The van der Waals surface area contributed by atoms with E-state index in [0.29, 0.717) is 24.0 Å². The van der Waals surface area contributed by atoms with Gasteiger partial charge in [0.05, 0.1) is 0 Å². The van der Waals surface area contributed by atoms with Crippen LogP contribution in [0.1, 0.15) is 28.9 Å². The molecule has 1 aliphatic heterocycles. The highest BCUT2D eigenvalue weighted by molar-refractivity contribution is 5.97. The van der Waals surface area contributed by atoms with Gasteiger partial charge in [-0.2, -0.15) is 0 Å². The van der Waals surface area contributed by atoms with Gasteiger partial charge >= 0.3 is 0 Å². The van der Waals surface area contributed by atoms with Crippen LogP contribution in [0, 0.1) is 0 Å². The van der Waals surface area contributed by atoms with Crippen molar-refractivity contribution in [3.05, 3.63) is 54.2 Å². The second kappa shape index (κ2) is 6.80. The first-order valence-corrected chi connectivity index (χ1v) is 8.28. The third-order valence-corrected chi connectivity index (χ3v) is 4.37. The lowest BCUT2D eigenvalue weighted by Gasteiger charge is -2.27. The Hall–Kier alpha value is -3.09. The minimum absolute atomic E-state index is 0.218. The number of nitrogens with one attached hydrogen (secondary N) is 2. The molecule has 3 aromatic rings. The van der Waals surface area contributed by atoms with Crippen LogP contribution >= 0.6 is 0 Å². The molecule has 0 radical (unpaired) electrons. The van der Waals surface area contributed by atoms with Crippen molar-refractivity contribution >= 4 is 11.6 Å². The zero-order chi connectivity index (χ0) is 17.1. The summed E-state index contributed by atoms with van der Waals surface area (Å²) in [4.78, 5) is 16.3. The van der Waals surface area contributed by atoms with Crippen molar-refractivity contribution in [2.75, 3.05) is 11.9 Å². The number of oxazole rings is 1. The van der Waals surface area contributed by atoms with Gasteiger partial charge in [0, 0.05) is 24.3 Å². The molecule has 25 heavy (non-hydrogen) atoms. The van der Waals surface area contributed by atoms with Gasteiger partial charge in [0.1, 0.15) is 6.26 Å². The minimum atomic E-state index is -0.275. The number of amides is 1. The largest absolute Gasteiger partial charge is 0.441 e. The van der Waals surface area contributed by atoms with Crippen LogP contribution in [0.5, 0.6) is 0 Å². The molecule has 0 unspecified atom stereocenters. The Labute approximate surface area is 144 Å². The zero-order valence-corrected chi connectivity index (χ0v) is 13.6. The number of fused-ring (bicyclic) bond motifs is 1. The Bertz CT molecular complexity index is 857. The Morgan fingerprint density at radius 3 is 3.12 bits per heavy atom. The smallest absolute Gasteiger partial charge is 0.273 e. The first-order valence-electron chi connectivity index (χ1n) is 8.28. The van der Waals surface area contributed by atoms with Gasteiger partial charge in [0.2, 0.25) is 0 Å². The standard InChI is InChI=1S/C18H18N4O3/c23-18(16-17(24-11-20-16)15-8-10-25-22-15)19-9-7-13-6-5-12-3-1-2-4-14(12)21-13/h1-4,8,10-11,13,21H,5-7,9H2,(H,19,23)/t13-/m1/s1. The summed E-state index contributed by atoms with van der Waals surface area (Å²) >= 11 is 0. The van der Waals surface area contributed by atoms with Crippen molar-refractivity contribution in [1.82, 2.24) is 15.5 Å². The molecule has 0 aliphatic carbocycles. The summed E-state index contributed by atoms with van der Waals surface area (Å²) in [5.74, 6) is 0.0407. The molecule has 3 heterocycles. The lowest BCUT2D eigenvalue weighted by atomic mass is 9.96. The summed E-state index contributed by atoms with van der Waals surface area (Å²) in [6.07, 6.45) is 5.62. The molecule has 128 valence electrons. The van der Waals surface area contributed by atoms with E-state index < -0.39 is 0 Å². The van der Waals surface area contributed by atoms with Crippen molar-refractivity contribution in [2.45, 2.75) is 25.3 Å². The van der Waals surface area contributed by atoms with Crippen molar-refractivity contribution < 1.29 is 13.7 Å². The Kier molecular flexibility index (Phi) is 4.20. The average Bonchev–Trinajstić information content (AvgIpc) is 3.32. The molecule has 1 amide bonds. The molecule has 0 bridgehead atoms. The maximum atomic E-state index is 12.3. The summed E-state index contributed by atoms with van der Waals surface area (Å²) < 4.78 is 10.0. The lowest BCUT2D eigenvalue weighted by molar-refractivity contribution is 0.0948. The van der Waals surface area contributed by atoms with Crippen LogP contribution in [0.2, 0.25) is 0 Å². The van der Waals surface area contributed by atoms with Crippen LogP contribution < -0.4 is 10.6 Å². The van der Waals surface area contributed by atoms with Crippen molar-refractivity contribution in [3.8, 4) is 11.5 Å². The van der Waals surface area contributed by atoms with Gasteiger partial charge in [-0.25, -0.2) is 4.98 Å². The van der Waals surface area contributed by atoms with E-state index in [4.69, 9.17) is 8.94 Å². The first kappa shape index (κ1) is 15.4. The molecule has 0 saturated carbocycles. The van der Waals surface area contributed by atoms with Crippen LogP contribution in [0.3, 0.4) is 0 Å². The number of aromatic nitrogens is 2. The number of para-hydroxylation sites is 1. The monoisotopic (exact) mass is 338 g/mol. The van der Waals surface area contributed by atoms with Gasteiger partial charge in [-0.1, -0.05) is 23.4 Å². The molecular weight excluding hydrogens is 320 g/mol. The summed E-state index contributed by atoms with van der Waals surface area (Å²) in [7, 11) is 0. The average molecular weight is 338 g/mol. The van der Waals surface area contributed by atoms with E-state index >= 15 is 0 Å². The molecule has 2 aromatic heterocycles. The van der Waals surface area contributed by atoms with Crippen LogP contribution in [-0.4, -0.2) is 28.6 Å².